The Labute approximate surface area is 73.1 Å². The van der Waals surface area contributed by atoms with Crippen LogP contribution >= 0.6 is 0 Å². The summed E-state index contributed by atoms with van der Waals surface area (Å²) >= 11 is 0. The van der Waals surface area contributed by atoms with Crippen LogP contribution in [0.1, 0.15) is 27.7 Å². The molecule has 0 rings (SSSR count). The number of rotatable bonds is 1. The monoisotopic (exact) mass is 176 g/mol. The molecule has 0 aliphatic heterocycles. The normalized spacial score (nSPS) is 11.0. The van der Waals surface area contributed by atoms with E-state index in [1.54, 1.807) is 13.4 Å². The molecule has 2 nitrogen and oxygen atoms in total. The molecule has 0 aromatic carbocycles. The lowest BCUT2D eigenvalue weighted by Crippen LogP contribution is -2.16. The van der Waals surface area contributed by atoms with Crippen LogP contribution in [0.4, 0.5) is 0 Å². The van der Waals surface area contributed by atoms with Crippen LogP contribution in [0.3, 0.4) is 0 Å². The average Bonchev–Trinajstić information content (AvgIpc) is 1.90. The molecule has 0 aliphatic carbocycles. The van der Waals surface area contributed by atoms with E-state index >= 15 is 0 Å². The third-order valence-electron chi connectivity index (χ3n) is 0.885. The highest BCUT2D eigenvalue weighted by Crippen LogP contribution is 2.01. The van der Waals surface area contributed by atoms with Gasteiger partial charge in [-0.15, -0.1) is 0 Å². The first-order valence-corrected chi connectivity index (χ1v) is 4.48. The molecular formula is C8H20O2Si. The van der Waals surface area contributed by atoms with E-state index in [0.717, 1.165) is 10.5 Å². The summed E-state index contributed by atoms with van der Waals surface area (Å²) in [4.78, 5) is 0. The second-order valence-corrected chi connectivity index (χ2v) is 3.43. The predicted molar refractivity (Wildman–Crippen MR) is 52.6 cm³/mol. The molecule has 0 radical (unpaired) electrons. The summed E-state index contributed by atoms with van der Waals surface area (Å²) < 4.78 is 9.59. The van der Waals surface area contributed by atoms with Crippen LogP contribution in [0, 0.1) is 0 Å². The molecule has 0 unspecified atom stereocenters. The van der Waals surface area contributed by atoms with E-state index in [1.165, 1.54) is 0 Å². The van der Waals surface area contributed by atoms with Crippen molar-refractivity contribution >= 4 is 10.5 Å². The maximum absolute atomic E-state index is 5.08. The molecule has 0 aromatic rings. The van der Waals surface area contributed by atoms with E-state index in [1.807, 2.05) is 13.0 Å². The largest absolute Gasteiger partial charge is 0.505 e. The van der Waals surface area contributed by atoms with Crippen molar-refractivity contribution in [2.45, 2.75) is 33.3 Å². The first kappa shape index (κ1) is 13.3. The van der Waals surface area contributed by atoms with E-state index in [4.69, 9.17) is 4.43 Å². The number of hydrogen-bond acceptors (Lipinski definition) is 2. The molecule has 0 N–H and O–H groups in total. The zero-order valence-corrected chi connectivity index (χ0v) is 10.5. The van der Waals surface area contributed by atoms with Gasteiger partial charge in [-0.1, -0.05) is 6.08 Å². The highest BCUT2D eigenvalue weighted by atomic mass is 28.2. The number of methoxy groups -OCH3 is 1. The third kappa shape index (κ3) is 26.0. The van der Waals surface area contributed by atoms with Gasteiger partial charge in [0.2, 0.25) is 0 Å². The zero-order valence-electron chi connectivity index (χ0n) is 8.47. The van der Waals surface area contributed by atoms with Crippen LogP contribution in [0.2, 0.25) is 0 Å². The van der Waals surface area contributed by atoms with Crippen molar-refractivity contribution < 1.29 is 9.16 Å². The van der Waals surface area contributed by atoms with Crippen LogP contribution in [-0.4, -0.2) is 23.2 Å². The minimum absolute atomic E-state index is 0.103. The molecule has 68 valence electrons. The molecule has 0 aliphatic rings. The van der Waals surface area contributed by atoms with Gasteiger partial charge < -0.3 is 9.16 Å². The fourth-order valence-corrected chi connectivity index (χ4v) is 0.136. The maximum atomic E-state index is 5.08. The Morgan fingerprint density at radius 1 is 1.27 bits per heavy atom. The fourth-order valence-electron chi connectivity index (χ4n) is 0.136. The van der Waals surface area contributed by atoms with E-state index in [0.29, 0.717) is 0 Å². The van der Waals surface area contributed by atoms with Crippen LogP contribution in [0.15, 0.2) is 12.3 Å². The van der Waals surface area contributed by atoms with E-state index in [2.05, 4.69) is 25.5 Å². The second kappa shape index (κ2) is 7.82. The van der Waals surface area contributed by atoms with Gasteiger partial charge in [0, 0.05) is 5.60 Å². The molecule has 0 atom stereocenters. The number of ether oxygens (including phenoxy) is 1. The Morgan fingerprint density at radius 3 is 1.64 bits per heavy atom. The SMILES string of the molecule is CC(C)(C)O[SiH3].CC=COC. The van der Waals surface area contributed by atoms with Gasteiger partial charge in [-0.25, -0.2) is 0 Å². The van der Waals surface area contributed by atoms with Crippen molar-refractivity contribution in [2.75, 3.05) is 7.11 Å². The molecule has 11 heavy (non-hydrogen) atoms. The minimum Gasteiger partial charge on any atom is -0.505 e. The Kier molecular flexibility index (Phi) is 9.47. The van der Waals surface area contributed by atoms with Crippen molar-refractivity contribution in [3.63, 3.8) is 0 Å². The van der Waals surface area contributed by atoms with Gasteiger partial charge in [-0.2, -0.15) is 0 Å². The van der Waals surface area contributed by atoms with Gasteiger partial charge >= 0.3 is 0 Å². The highest BCUT2D eigenvalue weighted by molar-refractivity contribution is 5.98. The van der Waals surface area contributed by atoms with Crippen LogP contribution in [0.25, 0.3) is 0 Å². The lowest BCUT2D eigenvalue weighted by atomic mass is 10.2. The summed E-state index contributed by atoms with van der Waals surface area (Å²) in [5, 5.41) is 0. The van der Waals surface area contributed by atoms with Crippen molar-refractivity contribution in [3.05, 3.63) is 12.3 Å². The van der Waals surface area contributed by atoms with Gasteiger partial charge in [0.15, 0.2) is 0 Å². The zero-order chi connectivity index (χ0) is 9.33. The molecule has 0 bridgehead atoms. The molecule has 0 aromatic heterocycles. The van der Waals surface area contributed by atoms with E-state index < -0.39 is 0 Å². The topological polar surface area (TPSA) is 18.5 Å². The molecular weight excluding hydrogens is 156 g/mol. The quantitative estimate of drug-likeness (QED) is 0.442. The minimum atomic E-state index is 0.103. The second-order valence-electron chi connectivity index (χ2n) is 3.02. The maximum Gasteiger partial charge on any atom is 0.146 e. The Hall–Kier alpha value is -0.283. The molecule has 0 saturated carbocycles. The van der Waals surface area contributed by atoms with Crippen molar-refractivity contribution in [2.24, 2.45) is 0 Å². The fraction of sp³-hybridized carbons (Fsp3) is 0.750. The van der Waals surface area contributed by atoms with Gasteiger partial charge in [-0.05, 0) is 27.7 Å². The van der Waals surface area contributed by atoms with Crippen molar-refractivity contribution in [3.8, 4) is 0 Å². The Bertz CT molecular complexity index is 94.8. The lowest BCUT2D eigenvalue weighted by Gasteiger charge is -2.15. The molecule has 3 heteroatoms. The Balaban J connectivity index is 0. The molecule has 0 saturated heterocycles. The van der Waals surface area contributed by atoms with E-state index in [9.17, 15) is 0 Å². The average molecular weight is 176 g/mol. The standard InChI is InChI=1S/C4H12OSi.C4H8O/c1-4(2,3)5-6;1-3-4-5-2/h1-3,6H3;3-4H,1-2H3. The van der Waals surface area contributed by atoms with Gasteiger partial charge in [0.1, 0.15) is 10.5 Å². The van der Waals surface area contributed by atoms with Crippen molar-refractivity contribution in [1.82, 2.24) is 0 Å². The highest BCUT2D eigenvalue weighted by Gasteiger charge is 2.03. The predicted octanol–water partition coefficient (Wildman–Crippen LogP) is 1.25. The smallest absolute Gasteiger partial charge is 0.146 e. The summed E-state index contributed by atoms with van der Waals surface area (Å²) in [5.41, 5.74) is 0.103. The Morgan fingerprint density at radius 2 is 1.64 bits per heavy atom. The summed E-state index contributed by atoms with van der Waals surface area (Å²) in [6.45, 7) is 8.07. The van der Waals surface area contributed by atoms with E-state index in [-0.39, 0.29) is 5.60 Å². The third-order valence-corrected chi connectivity index (χ3v) is 2.11. The first-order valence-electron chi connectivity index (χ1n) is 3.67. The summed E-state index contributed by atoms with van der Waals surface area (Å²) in [6.07, 6.45) is 3.46. The van der Waals surface area contributed by atoms with Crippen LogP contribution in [-0.2, 0) is 9.16 Å². The van der Waals surface area contributed by atoms with Crippen LogP contribution < -0.4 is 0 Å². The number of allylic oxidation sites excluding steroid dienone is 1. The number of hydrogen-bond donors (Lipinski definition) is 0. The summed E-state index contributed by atoms with van der Waals surface area (Å²) in [6, 6.07) is 0. The van der Waals surface area contributed by atoms with Crippen molar-refractivity contribution in [1.29, 1.82) is 0 Å². The van der Waals surface area contributed by atoms with Gasteiger partial charge in [-0.3, -0.25) is 0 Å². The first-order chi connectivity index (χ1) is 4.97. The van der Waals surface area contributed by atoms with Crippen LogP contribution in [0.5, 0.6) is 0 Å². The molecule has 0 heterocycles. The lowest BCUT2D eigenvalue weighted by molar-refractivity contribution is 0.147. The van der Waals surface area contributed by atoms with Gasteiger partial charge in [0.05, 0.1) is 13.4 Å². The molecule has 0 amide bonds. The summed E-state index contributed by atoms with van der Waals surface area (Å²) in [5.74, 6) is 0. The van der Waals surface area contributed by atoms with Gasteiger partial charge in [0.25, 0.3) is 0 Å². The molecule has 0 fully saturated rings. The summed E-state index contributed by atoms with van der Waals surface area (Å²) in [7, 11) is 2.47. The molecule has 0 spiro atoms.